The summed E-state index contributed by atoms with van der Waals surface area (Å²) in [6.45, 7) is 1.04. The quantitative estimate of drug-likeness (QED) is 0.320. The van der Waals surface area contributed by atoms with Crippen LogP contribution in [0.5, 0.6) is 5.75 Å². The Morgan fingerprint density at radius 3 is 2.92 bits per heavy atom. The Bertz CT molecular complexity index is 625. The minimum Gasteiger partial charge on any atom is -0.493 e. The van der Waals surface area contributed by atoms with E-state index in [0.717, 1.165) is 17.7 Å². The Hall–Kier alpha value is -1.95. The van der Waals surface area contributed by atoms with Crippen LogP contribution in [0.3, 0.4) is 0 Å². The smallest absolute Gasteiger partial charge is 0.243 e. The molecule has 6 nitrogen and oxygen atoms in total. The molecule has 1 aliphatic heterocycles. The number of hydrogen-bond donors (Lipinski definition) is 2. The molecule has 1 atom stereocenters. The van der Waals surface area contributed by atoms with Crippen LogP contribution in [0.15, 0.2) is 29.3 Å². The maximum absolute atomic E-state index is 11.7. The normalized spacial score (nSPS) is 15.9. The van der Waals surface area contributed by atoms with E-state index in [1.54, 1.807) is 14.1 Å². The molecule has 1 heterocycles. The van der Waals surface area contributed by atoms with Crippen LogP contribution in [0.2, 0.25) is 0 Å². The lowest BCUT2D eigenvalue weighted by Crippen LogP contribution is -2.42. The number of ether oxygens (including phenoxy) is 1. The van der Waals surface area contributed by atoms with Crippen molar-refractivity contribution in [2.45, 2.75) is 12.5 Å². The fourth-order valence-electron chi connectivity index (χ4n) is 2.23. The first-order valence-corrected chi connectivity index (χ1v) is 7.52. The molecule has 1 aliphatic rings. The standard InChI is InChI=1S/C17H22N4O2.HI/c1-4-10-18-17(19-12-16(22)21(2)3)20-14-9-11-23-15-8-6-5-7-13(14)15;/h1,5-8,14H,9-12H2,2-3H3,(H2,18,19,20);1H. The molecule has 0 radical (unpaired) electrons. The van der Waals surface area contributed by atoms with Crippen LogP contribution in [0.1, 0.15) is 18.0 Å². The number of guanidine groups is 1. The lowest BCUT2D eigenvalue weighted by molar-refractivity contribution is -0.127. The van der Waals surface area contributed by atoms with Crippen LogP contribution in [0.4, 0.5) is 0 Å². The van der Waals surface area contributed by atoms with Gasteiger partial charge in [0.25, 0.3) is 0 Å². The molecule has 1 unspecified atom stereocenters. The summed E-state index contributed by atoms with van der Waals surface area (Å²) in [4.78, 5) is 17.5. The van der Waals surface area contributed by atoms with Gasteiger partial charge < -0.3 is 20.3 Å². The van der Waals surface area contributed by atoms with Gasteiger partial charge in [0, 0.05) is 26.1 Å². The first-order valence-electron chi connectivity index (χ1n) is 7.52. The molecule has 24 heavy (non-hydrogen) atoms. The minimum absolute atomic E-state index is 0. The van der Waals surface area contributed by atoms with Crippen molar-refractivity contribution in [2.75, 3.05) is 33.8 Å². The van der Waals surface area contributed by atoms with Gasteiger partial charge in [0.2, 0.25) is 5.91 Å². The summed E-state index contributed by atoms with van der Waals surface area (Å²) < 4.78 is 5.65. The maximum atomic E-state index is 11.7. The van der Waals surface area contributed by atoms with Gasteiger partial charge in [-0.25, -0.2) is 4.99 Å². The Kier molecular flexibility index (Phi) is 8.40. The number of terminal acetylenes is 1. The number of fused-ring (bicyclic) bond motifs is 1. The van der Waals surface area contributed by atoms with Crippen LogP contribution in [0, 0.1) is 12.3 Å². The van der Waals surface area contributed by atoms with Crippen LogP contribution >= 0.6 is 24.0 Å². The maximum Gasteiger partial charge on any atom is 0.243 e. The Balaban J connectivity index is 0.00000288. The predicted octanol–water partition coefficient (Wildman–Crippen LogP) is 1.38. The second-order valence-corrected chi connectivity index (χ2v) is 5.38. The van der Waals surface area contributed by atoms with Crippen molar-refractivity contribution in [3.05, 3.63) is 29.8 Å². The van der Waals surface area contributed by atoms with Gasteiger partial charge in [-0.3, -0.25) is 4.79 Å². The largest absolute Gasteiger partial charge is 0.493 e. The Labute approximate surface area is 160 Å². The summed E-state index contributed by atoms with van der Waals surface area (Å²) >= 11 is 0. The lowest BCUT2D eigenvalue weighted by atomic mass is 10.0. The van der Waals surface area contributed by atoms with Gasteiger partial charge in [-0.1, -0.05) is 24.1 Å². The van der Waals surface area contributed by atoms with Gasteiger partial charge in [0.1, 0.15) is 12.3 Å². The highest BCUT2D eigenvalue weighted by molar-refractivity contribution is 14.0. The van der Waals surface area contributed by atoms with Crippen LogP contribution < -0.4 is 15.4 Å². The molecular formula is C17H23IN4O2. The third kappa shape index (κ3) is 5.60. The molecule has 2 rings (SSSR count). The van der Waals surface area contributed by atoms with E-state index in [9.17, 15) is 4.79 Å². The second-order valence-electron chi connectivity index (χ2n) is 5.38. The number of benzene rings is 1. The van der Waals surface area contributed by atoms with Gasteiger partial charge in [-0.05, 0) is 6.07 Å². The lowest BCUT2D eigenvalue weighted by Gasteiger charge is -2.28. The van der Waals surface area contributed by atoms with Crippen LogP contribution in [-0.4, -0.2) is 50.6 Å². The van der Waals surface area contributed by atoms with Crippen molar-refractivity contribution in [3.63, 3.8) is 0 Å². The highest BCUT2D eigenvalue weighted by Crippen LogP contribution is 2.31. The van der Waals surface area contributed by atoms with Crippen molar-refractivity contribution in [3.8, 4) is 18.1 Å². The molecular weight excluding hydrogens is 419 g/mol. The van der Waals surface area contributed by atoms with E-state index >= 15 is 0 Å². The van der Waals surface area contributed by atoms with E-state index in [-0.39, 0.29) is 42.5 Å². The number of carbonyl (C=O) groups is 1. The molecule has 2 N–H and O–H groups in total. The summed E-state index contributed by atoms with van der Waals surface area (Å²) in [7, 11) is 3.41. The van der Waals surface area contributed by atoms with Crippen LogP contribution in [-0.2, 0) is 4.79 Å². The topological polar surface area (TPSA) is 66.0 Å². The Morgan fingerprint density at radius 1 is 1.46 bits per heavy atom. The molecule has 130 valence electrons. The third-order valence-corrected chi connectivity index (χ3v) is 3.50. The number of nitrogens with zero attached hydrogens (tertiary/aromatic N) is 2. The van der Waals surface area contributed by atoms with E-state index in [0.29, 0.717) is 19.1 Å². The first kappa shape index (κ1) is 20.1. The summed E-state index contributed by atoms with van der Waals surface area (Å²) in [5, 5.41) is 6.37. The molecule has 0 bridgehead atoms. The highest BCUT2D eigenvalue weighted by Gasteiger charge is 2.21. The van der Waals surface area contributed by atoms with Gasteiger partial charge in [0.05, 0.1) is 19.2 Å². The molecule has 0 aromatic heterocycles. The summed E-state index contributed by atoms with van der Waals surface area (Å²) in [5.41, 5.74) is 1.08. The van der Waals surface area contributed by atoms with E-state index in [2.05, 4.69) is 21.5 Å². The fourth-order valence-corrected chi connectivity index (χ4v) is 2.23. The number of hydrogen-bond acceptors (Lipinski definition) is 3. The van der Waals surface area contributed by atoms with E-state index in [1.807, 2.05) is 24.3 Å². The summed E-state index contributed by atoms with van der Waals surface area (Å²) in [6, 6.07) is 7.96. The molecule has 7 heteroatoms. The summed E-state index contributed by atoms with van der Waals surface area (Å²) in [5.74, 6) is 3.84. The molecule has 0 saturated carbocycles. The number of likely N-dealkylation sites (N-methyl/N-ethyl adjacent to an activating group) is 1. The third-order valence-electron chi connectivity index (χ3n) is 3.50. The van der Waals surface area contributed by atoms with Crippen molar-refractivity contribution in [1.29, 1.82) is 0 Å². The van der Waals surface area contributed by atoms with E-state index in [4.69, 9.17) is 11.2 Å². The van der Waals surface area contributed by atoms with Gasteiger partial charge in [0.15, 0.2) is 5.96 Å². The molecule has 0 spiro atoms. The zero-order chi connectivity index (χ0) is 16.7. The van der Waals surface area contributed by atoms with E-state index < -0.39 is 0 Å². The molecule has 1 aromatic carbocycles. The number of aliphatic imine (C=N–C) groups is 1. The van der Waals surface area contributed by atoms with Gasteiger partial charge >= 0.3 is 0 Å². The molecule has 1 amide bonds. The number of amides is 1. The first-order chi connectivity index (χ1) is 11.1. The SMILES string of the molecule is C#CCNC(=NCC(=O)N(C)C)NC1CCOc2ccccc21.I. The van der Waals surface area contributed by atoms with Crippen molar-refractivity contribution in [2.24, 2.45) is 4.99 Å². The molecule has 0 saturated heterocycles. The minimum atomic E-state index is -0.0702. The molecule has 0 fully saturated rings. The average molecular weight is 442 g/mol. The number of halogens is 1. The molecule has 0 aliphatic carbocycles. The molecule has 1 aromatic rings. The van der Waals surface area contributed by atoms with Gasteiger partial charge in [-0.2, -0.15) is 0 Å². The average Bonchev–Trinajstić information content (AvgIpc) is 2.57. The predicted molar refractivity (Wildman–Crippen MR) is 106 cm³/mol. The van der Waals surface area contributed by atoms with Crippen molar-refractivity contribution in [1.82, 2.24) is 15.5 Å². The second kappa shape index (κ2) is 10.0. The van der Waals surface area contributed by atoms with Crippen molar-refractivity contribution < 1.29 is 9.53 Å². The Morgan fingerprint density at radius 2 is 2.21 bits per heavy atom. The number of rotatable bonds is 4. The number of carbonyl (C=O) groups excluding carboxylic acids is 1. The van der Waals surface area contributed by atoms with Crippen molar-refractivity contribution >= 4 is 35.8 Å². The monoisotopic (exact) mass is 442 g/mol. The van der Waals surface area contributed by atoms with Crippen LogP contribution in [0.25, 0.3) is 0 Å². The fraction of sp³-hybridized carbons (Fsp3) is 0.412. The summed E-state index contributed by atoms with van der Waals surface area (Å²) in [6.07, 6.45) is 6.12. The number of para-hydroxylation sites is 1. The zero-order valence-corrected chi connectivity index (χ0v) is 16.2. The highest BCUT2D eigenvalue weighted by atomic mass is 127. The van der Waals surface area contributed by atoms with E-state index in [1.165, 1.54) is 4.90 Å². The zero-order valence-electron chi connectivity index (χ0n) is 13.9. The van der Waals surface area contributed by atoms with Gasteiger partial charge in [-0.15, -0.1) is 30.4 Å². The number of nitrogens with one attached hydrogen (secondary N) is 2.